The third-order valence-electron chi connectivity index (χ3n) is 3.62. The largest absolute Gasteiger partial charge is 0.329 e. The average molecular weight is 247 g/mol. The van der Waals surface area contributed by atoms with Gasteiger partial charge in [-0.1, -0.05) is 19.8 Å². The minimum absolute atomic E-state index is 0.0237. The summed E-state index contributed by atoms with van der Waals surface area (Å²) in [6.07, 6.45) is 3.85. The Morgan fingerprint density at radius 2 is 1.88 bits per heavy atom. The summed E-state index contributed by atoms with van der Waals surface area (Å²) < 4.78 is 22.7. The lowest BCUT2D eigenvalue weighted by Crippen LogP contribution is -2.37. The van der Waals surface area contributed by atoms with Gasteiger partial charge in [0.15, 0.2) is 0 Å². The molecule has 0 aromatic heterocycles. The smallest absolute Gasteiger partial charge is 0.150 e. The molecule has 0 amide bonds. The van der Waals surface area contributed by atoms with Crippen molar-refractivity contribution in [2.24, 2.45) is 11.1 Å². The first kappa shape index (κ1) is 13.6. The highest BCUT2D eigenvalue weighted by Gasteiger charge is 2.39. The third-order valence-corrected chi connectivity index (χ3v) is 5.33. The van der Waals surface area contributed by atoms with Crippen LogP contribution in [-0.4, -0.2) is 32.3 Å². The molecule has 1 aliphatic rings. The summed E-state index contributed by atoms with van der Waals surface area (Å²) in [5, 5.41) is 0. The van der Waals surface area contributed by atoms with Crippen molar-refractivity contribution in [1.82, 2.24) is 0 Å². The van der Waals surface area contributed by atoms with Gasteiger partial charge in [-0.2, -0.15) is 0 Å². The molecule has 0 saturated heterocycles. The lowest BCUT2D eigenvalue weighted by molar-refractivity contribution is -0.127. The zero-order valence-corrected chi connectivity index (χ0v) is 10.7. The summed E-state index contributed by atoms with van der Waals surface area (Å²) in [4.78, 5) is 12.0. The molecule has 0 aliphatic heterocycles. The SMILES string of the molecule is CCS(=O)(=O)CCC(=O)C1(CN)CCCC1. The summed E-state index contributed by atoms with van der Waals surface area (Å²) in [7, 11) is -3.04. The van der Waals surface area contributed by atoms with Crippen LogP contribution in [0.25, 0.3) is 0 Å². The fourth-order valence-electron chi connectivity index (χ4n) is 2.31. The van der Waals surface area contributed by atoms with Crippen molar-refractivity contribution >= 4 is 15.6 Å². The Balaban J connectivity index is 2.58. The van der Waals surface area contributed by atoms with Crippen LogP contribution in [0.4, 0.5) is 0 Å². The fraction of sp³-hybridized carbons (Fsp3) is 0.909. The van der Waals surface area contributed by atoms with E-state index in [2.05, 4.69) is 0 Å². The minimum Gasteiger partial charge on any atom is -0.329 e. The number of rotatable bonds is 6. The molecule has 0 atom stereocenters. The molecule has 1 rings (SSSR count). The van der Waals surface area contributed by atoms with Crippen LogP contribution in [0.5, 0.6) is 0 Å². The molecular weight excluding hydrogens is 226 g/mol. The van der Waals surface area contributed by atoms with Crippen molar-refractivity contribution in [2.75, 3.05) is 18.1 Å². The number of carbonyl (C=O) groups excluding carboxylic acids is 1. The van der Waals surface area contributed by atoms with Crippen LogP contribution in [0.2, 0.25) is 0 Å². The van der Waals surface area contributed by atoms with Gasteiger partial charge in [-0.15, -0.1) is 0 Å². The monoisotopic (exact) mass is 247 g/mol. The highest BCUT2D eigenvalue weighted by molar-refractivity contribution is 7.91. The van der Waals surface area contributed by atoms with Crippen LogP contribution in [0.15, 0.2) is 0 Å². The Bertz CT molecular complexity index is 342. The lowest BCUT2D eigenvalue weighted by atomic mass is 9.81. The van der Waals surface area contributed by atoms with Gasteiger partial charge in [0.05, 0.1) is 5.75 Å². The first-order valence-corrected chi connectivity index (χ1v) is 7.72. The van der Waals surface area contributed by atoms with E-state index in [1.807, 2.05) is 0 Å². The minimum atomic E-state index is -3.04. The topological polar surface area (TPSA) is 77.2 Å². The highest BCUT2D eigenvalue weighted by atomic mass is 32.2. The van der Waals surface area contributed by atoms with Gasteiger partial charge in [0.1, 0.15) is 15.6 Å². The Hall–Kier alpha value is -0.420. The molecule has 0 bridgehead atoms. The van der Waals surface area contributed by atoms with Crippen molar-refractivity contribution in [2.45, 2.75) is 39.0 Å². The maximum atomic E-state index is 12.0. The van der Waals surface area contributed by atoms with E-state index in [1.165, 1.54) is 0 Å². The van der Waals surface area contributed by atoms with Crippen LogP contribution in [0, 0.1) is 5.41 Å². The first-order valence-electron chi connectivity index (χ1n) is 5.89. The van der Waals surface area contributed by atoms with Crippen molar-refractivity contribution in [3.05, 3.63) is 0 Å². The second-order valence-corrected chi connectivity index (χ2v) is 7.07. The summed E-state index contributed by atoms with van der Waals surface area (Å²) >= 11 is 0. The number of sulfone groups is 1. The summed E-state index contributed by atoms with van der Waals surface area (Å²) in [6, 6.07) is 0. The fourth-order valence-corrected chi connectivity index (χ4v) is 3.09. The van der Waals surface area contributed by atoms with Crippen LogP contribution in [0.3, 0.4) is 0 Å². The Kier molecular flexibility index (Phi) is 4.50. The molecule has 0 aromatic carbocycles. The van der Waals surface area contributed by atoms with E-state index >= 15 is 0 Å². The molecule has 1 fully saturated rings. The lowest BCUT2D eigenvalue weighted by Gasteiger charge is -2.25. The number of carbonyl (C=O) groups is 1. The molecule has 1 saturated carbocycles. The van der Waals surface area contributed by atoms with Crippen LogP contribution >= 0.6 is 0 Å². The molecule has 0 unspecified atom stereocenters. The molecule has 4 nitrogen and oxygen atoms in total. The van der Waals surface area contributed by atoms with E-state index in [-0.39, 0.29) is 23.7 Å². The zero-order valence-electron chi connectivity index (χ0n) is 9.87. The van der Waals surface area contributed by atoms with Gasteiger partial charge >= 0.3 is 0 Å². The van der Waals surface area contributed by atoms with Crippen molar-refractivity contribution in [3.8, 4) is 0 Å². The van der Waals surface area contributed by atoms with Gasteiger partial charge in [0.25, 0.3) is 0 Å². The molecule has 0 radical (unpaired) electrons. The maximum Gasteiger partial charge on any atom is 0.150 e. The van der Waals surface area contributed by atoms with Gasteiger partial charge in [-0.3, -0.25) is 4.79 Å². The van der Waals surface area contributed by atoms with E-state index in [9.17, 15) is 13.2 Å². The van der Waals surface area contributed by atoms with Crippen molar-refractivity contribution in [1.29, 1.82) is 0 Å². The summed E-state index contributed by atoms with van der Waals surface area (Å²) in [6.45, 7) is 1.96. The van der Waals surface area contributed by atoms with E-state index in [0.29, 0.717) is 6.54 Å². The van der Waals surface area contributed by atoms with Crippen LogP contribution < -0.4 is 5.73 Å². The van der Waals surface area contributed by atoms with Gasteiger partial charge in [-0.25, -0.2) is 8.42 Å². The van der Waals surface area contributed by atoms with E-state index in [4.69, 9.17) is 5.73 Å². The van der Waals surface area contributed by atoms with Crippen molar-refractivity contribution in [3.63, 3.8) is 0 Å². The number of Topliss-reactive ketones (excluding diaryl/α,β-unsaturated/α-hetero) is 1. The number of hydrogen-bond donors (Lipinski definition) is 1. The van der Waals surface area contributed by atoms with Gasteiger partial charge < -0.3 is 5.73 Å². The molecule has 0 heterocycles. The predicted octanol–water partition coefficient (Wildman–Crippen LogP) is 0.899. The molecular formula is C11H21NO3S. The highest BCUT2D eigenvalue weighted by Crippen LogP contribution is 2.38. The van der Waals surface area contributed by atoms with E-state index in [1.54, 1.807) is 6.92 Å². The van der Waals surface area contributed by atoms with Gasteiger partial charge in [-0.05, 0) is 12.8 Å². The van der Waals surface area contributed by atoms with E-state index in [0.717, 1.165) is 25.7 Å². The quantitative estimate of drug-likeness (QED) is 0.756. The molecule has 0 spiro atoms. The van der Waals surface area contributed by atoms with Crippen LogP contribution in [0.1, 0.15) is 39.0 Å². The molecule has 94 valence electrons. The number of hydrogen-bond acceptors (Lipinski definition) is 4. The number of ketones is 1. The Labute approximate surface area is 97.5 Å². The predicted molar refractivity (Wildman–Crippen MR) is 63.9 cm³/mol. The second-order valence-electron chi connectivity index (χ2n) is 4.60. The molecule has 0 aromatic rings. The third kappa shape index (κ3) is 3.04. The Morgan fingerprint density at radius 3 is 2.31 bits per heavy atom. The summed E-state index contributed by atoms with van der Waals surface area (Å²) in [5.74, 6) is 0.129. The van der Waals surface area contributed by atoms with Crippen molar-refractivity contribution < 1.29 is 13.2 Å². The molecule has 1 aliphatic carbocycles. The zero-order chi connectivity index (χ0) is 12.2. The standard InChI is InChI=1S/C11H21NO3S/c1-2-16(14,15)8-5-10(13)11(9-12)6-3-4-7-11/h2-9,12H2,1H3. The second kappa shape index (κ2) is 5.27. The molecule has 16 heavy (non-hydrogen) atoms. The Morgan fingerprint density at radius 1 is 1.31 bits per heavy atom. The summed E-state index contributed by atoms with van der Waals surface area (Å²) in [5.41, 5.74) is 5.26. The van der Waals surface area contributed by atoms with Gasteiger partial charge in [0.2, 0.25) is 0 Å². The van der Waals surface area contributed by atoms with E-state index < -0.39 is 15.3 Å². The number of nitrogens with two attached hydrogens (primary N) is 1. The maximum absolute atomic E-state index is 12.0. The van der Waals surface area contributed by atoms with Gasteiger partial charge in [0, 0.05) is 24.1 Å². The average Bonchev–Trinajstić information content (AvgIpc) is 2.76. The normalized spacial score (nSPS) is 19.9. The first-order chi connectivity index (χ1) is 7.46. The van der Waals surface area contributed by atoms with Crippen LogP contribution in [-0.2, 0) is 14.6 Å². The molecule has 5 heteroatoms. The molecule has 2 N–H and O–H groups in total.